The van der Waals surface area contributed by atoms with E-state index in [-0.39, 0.29) is 5.69 Å². The van der Waals surface area contributed by atoms with Crippen LogP contribution in [0.4, 0.5) is 5.69 Å². The number of sulfonamides is 1. The van der Waals surface area contributed by atoms with Crippen LogP contribution in [0, 0.1) is 0 Å². The molecular weight excluding hydrogens is 518 g/mol. The number of carbonyl (C=O) groups excluding carboxylic acids is 1. The molecule has 0 unspecified atom stereocenters. The number of hydrazone groups is 1. The molecule has 0 aliphatic heterocycles. The average molecular weight is 546 g/mol. The molecule has 0 heterocycles. The summed E-state index contributed by atoms with van der Waals surface area (Å²) < 4.78 is 42.5. The number of carbonyl (C=O) groups is 1. The van der Waals surface area contributed by atoms with Gasteiger partial charge < -0.3 is 14.2 Å². The first kappa shape index (κ1) is 27.8. The number of halogens is 1. The minimum Gasteiger partial charge on any atom is -0.495 e. The molecule has 0 spiro atoms. The normalized spacial score (nSPS) is 11.2. The highest BCUT2D eigenvalue weighted by Gasteiger charge is 2.23. The Morgan fingerprint density at radius 2 is 1.81 bits per heavy atom. The molecule has 11 heteroatoms. The van der Waals surface area contributed by atoms with Crippen molar-refractivity contribution in [1.82, 2.24) is 5.43 Å². The Morgan fingerprint density at radius 1 is 1.03 bits per heavy atom. The molecule has 0 aliphatic rings. The van der Waals surface area contributed by atoms with Gasteiger partial charge in [-0.15, -0.1) is 0 Å². The van der Waals surface area contributed by atoms with Crippen LogP contribution in [0.1, 0.15) is 18.1 Å². The van der Waals surface area contributed by atoms with Gasteiger partial charge in [-0.05, 0) is 60.5 Å². The highest BCUT2D eigenvalue weighted by atomic mass is 35.5. The van der Waals surface area contributed by atoms with E-state index in [1.807, 2.05) is 25.1 Å². The van der Waals surface area contributed by atoms with E-state index in [9.17, 15) is 13.2 Å². The number of benzene rings is 3. The minimum atomic E-state index is -3.76. The number of anilines is 1. The van der Waals surface area contributed by atoms with E-state index in [1.54, 1.807) is 48.5 Å². The lowest BCUT2D eigenvalue weighted by Gasteiger charge is -2.23. The molecule has 0 atom stereocenters. The maximum absolute atomic E-state index is 12.5. The molecule has 0 aromatic heterocycles. The molecular formula is C26H28ClN3O6S. The molecule has 0 radical (unpaired) electrons. The Morgan fingerprint density at radius 3 is 2.51 bits per heavy atom. The topological polar surface area (TPSA) is 107 Å². The molecule has 0 aliphatic carbocycles. The van der Waals surface area contributed by atoms with E-state index in [2.05, 4.69) is 10.5 Å². The number of hydrogen-bond donors (Lipinski definition) is 1. The van der Waals surface area contributed by atoms with Crippen LogP contribution in [-0.2, 0) is 21.4 Å². The Hall–Kier alpha value is -3.76. The smallest absolute Gasteiger partial charge is 0.260 e. The Kier molecular flexibility index (Phi) is 9.76. The van der Waals surface area contributed by atoms with Crippen LogP contribution < -0.4 is 23.9 Å². The van der Waals surface area contributed by atoms with Gasteiger partial charge in [0.15, 0.2) is 11.5 Å². The summed E-state index contributed by atoms with van der Waals surface area (Å²) in [6.07, 6.45) is 2.44. The number of para-hydroxylation sites is 2. The number of methoxy groups -OCH3 is 1. The average Bonchev–Trinajstić information content (AvgIpc) is 2.86. The lowest BCUT2D eigenvalue weighted by atomic mass is 10.2. The van der Waals surface area contributed by atoms with Crippen LogP contribution in [0.25, 0.3) is 0 Å². The number of ether oxygens (including phenoxy) is 3. The second-order valence-corrected chi connectivity index (χ2v) is 10.1. The summed E-state index contributed by atoms with van der Waals surface area (Å²) in [6.45, 7) is 2.12. The van der Waals surface area contributed by atoms with Gasteiger partial charge in [-0.1, -0.05) is 35.9 Å². The predicted octanol–water partition coefficient (Wildman–Crippen LogP) is 4.24. The molecule has 1 amide bonds. The van der Waals surface area contributed by atoms with E-state index in [0.717, 1.165) is 16.1 Å². The number of rotatable bonds is 12. The first-order valence-electron chi connectivity index (χ1n) is 11.3. The fourth-order valence-electron chi connectivity index (χ4n) is 3.34. The predicted molar refractivity (Wildman–Crippen MR) is 144 cm³/mol. The highest BCUT2D eigenvalue weighted by molar-refractivity contribution is 7.92. The summed E-state index contributed by atoms with van der Waals surface area (Å²) >= 11 is 6.03. The van der Waals surface area contributed by atoms with Gasteiger partial charge in [-0.2, -0.15) is 5.10 Å². The zero-order valence-electron chi connectivity index (χ0n) is 20.7. The van der Waals surface area contributed by atoms with Gasteiger partial charge in [-0.3, -0.25) is 9.10 Å². The molecule has 0 bridgehead atoms. The van der Waals surface area contributed by atoms with Crippen molar-refractivity contribution in [1.29, 1.82) is 0 Å². The van der Waals surface area contributed by atoms with Crippen molar-refractivity contribution < 1.29 is 27.4 Å². The van der Waals surface area contributed by atoms with Gasteiger partial charge >= 0.3 is 0 Å². The lowest BCUT2D eigenvalue weighted by Crippen LogP contribution is -2.39. The van der Waals surface area contributed by atoms with Crippen molar-refractivity contribution in [3.63, 3.8) is 0 Å². The summed E-state index contributed by atoms with van der Waals surface area (Å²) in [4.78, 5) is 12.5. The Labute approximate surface area is 221 Å². The van der Waals surface area contributed by atoms with Crippen LogP contribution in [0.5, 0.6) is 17.2 Å². The second-order valence-electron chi connectivity index (χ2n) is 7.79. The quantitative estimate of drug-likeness (QED) is 0.269. The van der Waals surface area contributed by atoms with Gasteiger partial charge in [0, 0.05) is 5.02 Å². The van der Waals surface area contributed by atoms with Crippen molar-refractivity contribution in [3.05, 3.63) is 82.9 Å². The van der Waals surface area contributed by atoms with Crippen molar-refractivity contribution in [2.75, 3.05) is 30.8 Å². The van der Waals surface area contributed by atoms with Crippen molar-refractivity contribution in [2.24, 2.45) is 5.10 Å². The van der Waals surface area contributed by atoms with E-state index < -0.39 is 22.5 Å². The molecule has 3 rings (SSSR count). The van der Waals surface area contributed by atoms with Crippen LogP contribution in [-0.4, -0.2) is 47.1 Å². The number of amides is 1. The zero-order chi connectivity index (χ0) is 26.8. The van der Waals surface area contributed by atoms with E-state index in [4.69, 9.17) is 25.8 Å². The molecule has 0 saturated carbocycles. The van der Waals surface area contributed by atoms with Crippen molar-refractivity contribution >= 4 is 39.4 Å². The maximum atomic E-state index is 12.5. The summed E-state index contributed by atoms with van der Waals surface area (Å²) in [7, 11) is -2.34. The molecule has 196 valence electrons. The molecule has 0 saturated heterocycles. The summed E-state index contributed by atoms with van der Waals surface area (Å²) in [5, 5.41) is 4.59. The molecule has 3 aromatic carbocycles. The van der Waals surface area contributed by atoms with Gasteiger partial charge in [0.05, 0.1) is 31.9 Å². The van der Waals surface area contributed by atoms with Crippen LogP contribution >= 0.6 is 11.6 Å². The molecule has 37 heavy (non-hydrogen) atoms. The molecule has 1 N–H and O–H groups in total. The molecule has 3 aromatic rings. The first-order valence-corrected chi connectivity index (χ1v) is 13.5. The standard InChI is InChI=1S/C26H28ClN3O6S/c1-4-35-25-15-19(12-13-24(25)36-18-20-8-7-9-21(27)14-20)16-28-29-26(31)17-30(37(3,32)33)22-10-5-6-11-23(22)34-2/h5-16H,4,17-18H2,1-3H3,(H,29,31). The van der Waals surface area contributed by atoms with Gasteiger partial charge in [-0.25, -0.2) is 13.8 Å². The summed E-state index contributed by atoms with van der Waals surface area (Å²) in [5.41, 5.74) is 4.17. The third-order valence-electron chi connectivity index (χ3n) is 5.00. The summed E-state index contributed by atoms with van der Waals surface area (Å²) in [6, 6.07) is 19.1. The van der Waals surface area contributed by atoms with Crippen LogP contribution in [0.15, 0.2) is 71.8 Å². The SMILES string of the molecule is CCOc1cc(C=NNC(=O)CN(c2ccccc2OC)S(C)(=O)=O)ccc1OCc1cccc(Cl)c1. The number of hydrogen-bond acceptors (Lipinski definition) is 7. The largest absolute Gasteiger partial charge is 0.495 e. The van der Waals surface area contributed by atoms with Gasteiger partial charge in [0.1, 0.15) is 18.9 Å². The van der Waals surface area contributed by atoms with Crippen molar-refractivity contribution in [3.8, 4) is 17.2 Å². The molecule has 9 nitrogen and oxygen atoms in total. The highest BCUT2D eigenvalue weighted by Crippen LogP contribution is 2.30. The van der Waals surface area contributed by atoms with E-state index >= 15 is 0 Å². The fourth-order valence-corrected chi connectivity index (χ4v) is 4.41. The van der Waals surface area contributed by atoms with E-state index in [1.165, 1.54) is 13.3 Å². The third-order valence-corrected chi connectivity index (χ3v) is 6.36. The Bertz CT molecular complexity index is 1360. The molecule has 0 fully saturated rings. The fraction of sp³-hybridized carbons (Fsp3) is 0.231. The van der Waals surface area contributed by atoms with E-state index in [0.29, 0.717) is 41.0 Å². The Balaban J connectivity index is 1.67. The number of nitrogens with one attached hydrogen (secondary N) is 1. The van der Waals surface area contributed by atoms with Crippen LogP contribution in [0.3, 0.4) is 0 Å². The summed E-state index contributed by atoms with van der Waals surface area (Å²) in [5.74, 6) is 0.757. The maximum Gasteiger partial charge on any atom is 0.260 e. The lowest BCUT2D eigenvalue weighted by molar-refractivity contribution is -0.119. The zero-order valence-corrected chi connectivity index (χ0v) is 22.3. The second kappa shape index (κ2) is 13.0. The number of nitrogens with zero attached hydrogens (tertiary/aromatic N) is 2. The first-order chi connectivity index (χ1) is 17.7. The minimum absolute atomic E-state index is 0.251. The van der Waals surface area contributed by atoms with Gasteiger partial charge in [0.2, 0.25) is 10.0 Å². The van der Waals surface area contributed by atoms with Crippen molar-refractivity contribution in [2.45, 2.75) is 13.5 Å². The monoisotopic (exact) mass is 545 g/mol. The van der Waals surface area contributed by atoms with Gasteiger partial charge in [0.25, 0.3) is 5.91 Å². The third kappa shape index (κ3) is 8.12. The van der Waals surface area contributed by atoms with Crippen LogP contribution in [0.2, 0.25) is 5.02 Å².